The first kappa shape index (κ1) is 17.6. The number of hydrogen-bond acceptors (Lipinski definition) is 6. The Kier molecular flexibility index (Phi) is 4.16. The molecule has 1 aliphatic carbocycles. The van der Waals surface area contributed by atoms with Gasteiger partial charge in [-0.05, 0) is 43.5 Å². The van der Waals surface area contributed by atoms with Gasteiger partial charge in [0.2, 0.25) is 11.9 Å². The van der Waals surface area contributed by atoms with Crippen LogP contribution in [0, 0.1) is 11.3 Å². The topological polar surface area (TPSA) is 109 Å². The molecule has 1 aromatic carbocycles. The molecular weight excluding hydrogens is 366 g/mol. The number of nitriles is 1. The highest BCUT2D eigenvalue weighted by Crippen LogP contribution is 2.40. The molecule has 1 aliphatic heterocycles. The molecule has 2 aliphatic rings. The zero-order valence-electron chi connectivity index (χ0n) is 16.1. The molecule has 0 spiro atoms. The number of amides is 1. The maximum absolute atomic E-state index is 12.9. The van der Waals surface area contributed by atoms with Gasteiger partial charge in [-0.25, -0.2) is 4.98 Å². The first-order chi connectivity index (χ1) is 14.2. The monoisotopic (exact) mass is 387 g/mol. The van der Waals surface area contributed by atoms with Crippen molar-refractivity contribution in [2.24, 2.45) is 0 Å². The fourth-order valence-corrected chi connectivity index (χ4v) is 4.36. The largest absolute Gasteiger partial charge is 0.354 e. The van der Waals surface area contributed by atoms with E-state index in [9.17, 15) is 10.1 Å². The number of aromatic nitrogens is 4. The number of anilines is 2. The molecule has 1 unspecified atom stereocenters. The summed E-state index contributed by atoms with van der Waals surface area (Å²) in [5.74, 6) is -0.280. The number of carbonyl (C=O) groups is 1. The van der Waals surface area contributed by atoms with Crippen LogP contribution in [0.15, 0.2) is 24.4 Å². The minimum atomic E-state index is -0.595. The van der Waals surface area contributed by atoms with Crippen molar-refractivity contribution in [3.8, 4) is 6.07 Å². The molecule has 8 heteroatoms. The molecule has 29 heavy (non-hydrogen) atoms. The summed E-state index contributed by atoms with van der Waals surface area (Å²) in [4.78, 5) is 22.2. The van der Waals surface area contributed by atoms with Gasteiger partial charge in [0.15, 0.2) is 5.65 Å². The van der Waals surface area contributed by atoms with Crippen LogP contribution in [0.1, 0.15) is 61.4 Å². The standard InChI is InChI=1S/C21H21N7O/c1-2-23-21-25-18(15-11-28(27-19(15)26-21)13-5-3-4-6-13)17-14-9-12(10-22)7-8-16(14)24-20(17)29/h7-9,11,13,17H,2-6H2,1H3,(H,24,29)(H,23,26,27). The smallest absolute Gasteiger partial charge is 0.238 e. The van der Waals surface area contributed by atoms with E-state index in [0.29, 0.717) is 35.4 Å². The molecule has 1 saturated carbocycles. The molecule has 3 heterocycles. The molecule has 2 N–H and O–H groups in total. The molecule has 0 saturated heterocycles. The van der Waals surface area contributed by atoms with Crippen molar-refractivity contribution in [2.75, 3.05) is 17.2 Å². The summed E-state index contributed by atoms with van der Waals surface area (Å²) in [5.41, 5.74) is 3.23. The van der Waals surface area contributed by atoms with Gasteiger partial charge in [0.1, 0.15) is 5.92 Å². The molecule has 146 valence electrons. The molecule has 1 amide bonds. The van der Waals surface area contributed by atoms with E-state index in [0.717, 1.165) is 29.5 Å². The van der Waals surface area contributed by atoms with Gasteiger partial charge in [0.05, 0.1) is 28.8 Å². The SMILES string of the molecule is CCNc1nc(C2C(=O)Nc3ccc(C#N)cc32)c2cn(C3CCCC3)nc2n1. The van der Waals surface area contributed by atoms with Crippen LogP contribution in [0.3, 0.4) is 0 Å². The van der Waals surface area contributed by atoms with Crippen molar-refractivity contribution < 1.29 is 4.79 Å². The number of nitrogens with one attached hydrogen (secondary N) is 2. The van der Waals surface area contributed by atoms with Crippen molar-refractivity contribution in [3.63, 3.8) is 0 Å². The van der Waals surface area contributed by atoms with Crippen LogP contribution in [0.25, 0.3) is 11.0 Å². The summed E-state index contributed by atoms with van der Waals surface area (Å²) in [5, 5.41) is 20.9. The van der Waals surface area contributed by atoms with Gasteiger partial charge < -0.3 is 10.6 Å². The Morgan fingerprint density at radius 3 is 2.90 bits per heavy atom. The second-order valence-electron chi connectivity index (χ2n) is 7.58. The molecule has 1 atom stereocenters. The minimum Gasteiger partial charge on any atom is -0.354 e. The summed E-state index contributed by atoms with van der Waals surface area (Å²) in [6, 6.07) is 7.77. The highest BCUT2D eigenvalue weighted by atomic mass is 16.2. The minimum absolute atomic E-state index is 0.147. The van der Waals surface area contributed by atoms with Crippen LogP contribution in [0.5, 0.6) is 0 Å². The van der Waals surface area contributed by atoms with E-state index in [4.69, 9.17) is 10.1 Å². The molecular formula is C21H21N7O. The summed E-state index contributed by atoms with van der Waals surface area (Å²) in [6.07, 6.45) is 6.61. The quantitative estimate of drug-likeness (QED) is 0.711. The van der Waals surface area contributed by atoms with Crippen molar-refractivity contribution in [3.05, 3.63) is 41.2 Å². The maximum Gasteiger partial charge on any atom is 0.238 e. The van der Waals surface area contributed by atoms with E-state index in [1.54, 1.807) is 18.2 Å². The normalized spacial score (nSPS) is 18.6. The van der Waals surface area contributed by atoms with Crippen molar-refractivity contribution in [1.29, 1.82) is 5.26 Å². The number of fused-ring (bicyclic) bond motifs is 2. The second-order valence-corrected chi connectivity index (χ2v) is 7.58. The average molecular weight is 387 g/mol. The fourth-order valence-electron chi connectivity index (χ4n) is 4.36. The highest BCUT2D eigenvalue weighted by Gasteiger charge is 2.36. The zero-order chi connectivity index (χ0) is 20.0. The third-order valence-corrected chi connectivity index (χ3v) is 5.75. The summed E-state index contributed by atoms with van der Waals surface area (Å²) >= 11 is 0. The molecule has 0 bridgehead atoms. The Morgan fingerprint density at radius 2 is 2.14 bits per heavy atom. The molecule has 1 fully saturated rings. The van der Waals surface area contributed by atoms with Crippen molar-refractivity contribution in [1.82, 2.24) is 19.7 Å². The lowest BCUT2D eigenvalue weighted by Gasteiger charge is -2.11. The van der Waals surface area contributed by atoms with Crippen LogP contribution >= 0.6 is 0 Å². The fraction of sp³-hybridized carbons (Fsp3) is 0.381. The lowest BCUT2D eigenvalue weighted by molar-refractivity contribution is -0.116. The van der Waals surface area contributed by atoms with Crippen LogP contribution < -0.4 is 10.6 Å². The number of nitrogens with zero attached hydrogens (tertiary/aromatic N) is 5. The maximum atomic E-state index is 12.9. The molecule has 5 rings (SSSR count). The van der Waals surface area contributed by atoms with Crippen LogP contribution in [-0.2, 0) is 4.79 Å². The third kappa shape index (κ3) is 2.90. The van der Waals surface area contributed by atoms with E-state index in [1.165, 1.54) is 12.8 Å². The van der Waals surface area contributed by atoms with E-state index >= 15 is 0 Å². The predicted octanol–water partition coefficient (Wildman–Crippen LogP) is 3.33. The van der Waals surface area contributed by atoms with E-state index in [1.807, 2.05) is 17.8 Å². The van der Waals surface area contributed by atoms with Gasteiger partial charge in [0, 0.05) is 18.4 Å². The number of rotatable bonds is 4. The molecule has 8 nitrogen and oxygen atoms in total. The average Bonchev–Trinajstić information content (AvgIpc) is 3.44. The first-order valence-electron chi connectivity index (χ1n) is 10.0. The second kappa shape index (κ2) is 6.85. The Labute approximate surface area is 168 Å². The van der Waals surface area contributed by atoms with Gasteiger partial charge in [-0.1, -0.05) is 12.8 Å². The Hall–Kier alpha value is -3.47. The van der Waals surface area contributed by atoms with Gasteiger partial charge >= 0.3 is 0 Å². The molecule has 3 aromatic rings. The van der Waals surface area contributed by atoms with Gasteiger partial charge in [-0.15, -0.1) is 0 Å². The van der Waals surface area contributed by atoms with E-state index in [2.05, 4.69) is 21.7 Å². The Balaban J connectivity index is 1.69. The zero-order valence-corrected chi connectivity index (χ0v) is 16.1. The summed E-state index contributed by atoms with van der Waals surface area (Å²) in [7, 11) is 0. The van der Waals surface area contributed by atoms with E-state index in [-0.39, 0.29) is 5.91 Å². The predicted molar refractivity (Wildman–Crippen MR) is 109 cm³/mol. The van der Waals surface area contributed by atoms with Gasteiger partial charge in [0.25, 0.3) is 0 Å². The van der Waals surface area contributed by atoms with Crippen molar-refractivity contribution >= 4 is 28.6 Å². The third-order valence-electron chi connectivity index (χ3n) is 5.75. The number of carbonyl (C=O) groups excluding carboxylic acids is 1. The lowest BCUT2D eigenvalue weighted by Crippen LogP contribution is -2.16. The first-order valence-corrected chi connectivity index (χ1v) is 10.0. The van der Waals surface area contributed by atoms with Gasteiger partial charge in [-0.2, -0.15) is 15.3 Å². The van der Waals surface area contributed by atoms with Gasteiger partial charge in [-0.3, -0.25) is 9.48 Å². The summed E-state index contributed by atoms with van der Waals surface area (Å²) in [6.45, 7) is 2.64. The number of benzene rings is 1. The Morgan fingerprint density at radius 1 is 1.31 bits per heavy atom. The highest BCUT2D eigenvalue weighted by molar-refractivity contribution is 6.06. The van der Waals surface area contributed by atoms with Crippen molar-refractivity contribution in [2.45, 2.75) is 44.6 Å². The van der Waals surface area contributed by atoms with Crippen LogP contribution in [0.4, 0.5) is 11.6 Å². The van der Waals surface area contributed by atoms with E-state index < -0.39 is 5.92 Å². The Bertz CT molecular complexity index is 1150. The summed E-state index contributed by atoms with van der Waals surface area (Å²) < 4.78 is 1.99. The van der Waals surface area contributed by atoms with Crippen LogP contribution in [-0.4, -0.2) is 32.2 Å². The lowest BCUT2D eigenvalue weighted by atomic mass is 9.94. The molecule has 0 radical (unpaired) electrons. The van der Waals surface area contributed by atoms with Crippen LogP contribution in [0.2, 0.25) is 0 Å². The number of hydrogen-bond donors (Lipinski definition) is 2. The molecule has 2 aromatic heterocycles.